The lowest BCUT2D eigenvalue weighted by Crippen LogP contribution is -2.37. The van der Waals surface area contributed by atoms with Crippen LogP contribution >= 0.6 is 34.8 Å². The second-order valence-corrected chi connectivity index (χ2v) is 6.20. The average Bonchev–Trinajstić information content (AvgIpc) is 2.72. The van der Waals surface area contributed by atoms with E-state index in [2.05, 4.69) is 10.3 Å². The first-order valence-electron chi connectivity index (χ1n) is 7.01. The third-order valence-electron chi connectivity index (χ3n) is 2.76. The second-order valence-electron chi connectivity index (χ2n) is 3.83. The first-order chi connectivity index (χ1) is 9.56. The maximum Gasteiger partial charge on any atom is 0.211 e. The second kappa shape index (κ2) is 4.06. The number of nitrogens with one attached hydrogen (secondary N) is 2. The molecule has 3 rings (SSSR count). The monoisotopic (exact) mass is 292 g/mol. The number of para-hydroxylation sites is 1. The highest BCUT2D eigenvalue weighted by Gasteiger charge is 2.38. The van der Waals surface area contributed by atoms with Gasteiger partial charge in [0.1, 0.15) is 0 Å². The molecular formula is C12H11Cl3N2. The van der Waals surface area contributed by atoms with E-state index in [0.717, 1.165) is 0 Å². The van der Waals surface area contributed by atoms with Gasteiger partial charge in [-0.3, -0.25) is 0 Å². The molecule has 0 spiro atoms. The smallest absolute Gasteiger partial charge is 0.211 e. The molecule has 90 valence electrons. The van der Waals surface area contributed by atoms with Crippen LogP contribution in [0.1, 0.15) is 22.8 Å². The molecule has 0 saturated carbocycles. The van der Waals surface area contributed by atoms with Crippen molar-refractivity contribution in [3.05, 3.63) is 35.5 Å². The zero-order valence-corrected chi connectivity index (χ0v) is 10.8. The number of rotatable bonds is 0. The number of hydrogen-bond acceptors (Lipinski definition) is 1. The van der Waals surface area contributed by atoms with Crippen LogP contribution in [-0.4, -0.2) is 15.3 Å². The minimum Gasteiger partial charge on any atom is -0.357 e. The molecule has 2 heterocycles. The molecule has 1 aliphatic heterocycles. The summed E-state index contributed by atoms with van der Waals surface area (Å²) in [6.07, 6.45) is -2.27. The van der Waals surface area contributed by atoms with Gasteiger partial charge in [-0.1, -0.05) is 53.0 Å². The third kappa shape index (κ3) is 1.93. The summed E-state index contributed by atoms with van der Waals surface area (Å²) in [6, 6.07) is 6.07. The van der Waals surface area contributed by atoms with Crippen LogP contribution in [0.15, 0.2) is 24.3 Å². The lowest BCUT2D eigenvalue weighted by atomic mass is 10.00. The summed E-state index contributed by atoms with van der Waals surface area (Å²) in [6.45, 7) is -2.38. The Balaban J connectivity index is 2.37. The normalized spacial score (nSPS) is 29.9. The highest BCUT2D eigenvalue weighted by Crippen LogP contribution is 2.43. The van der Waals surface area contributed by atoms with Crippen molar-refractivity contribution in [3.8, 4) is 0 Å². The van der Waals surface area contributed by atoms with Gasteiger partial charge in [-0.15, -0.1) is 0 Å². The Morgan fingerprint density at radius 2 is 2.06 bits per heavy atom. The molecular weight excluding hydrogens is 279 g/mol. The number of fused-ring (bicyclic) bond motifs is 3. The number of H-pyrrole nitrogens is 1. The summed E-state index contributed by atoms with van der Waals surface area (Å²) in [7, 11) is 0. The standard InChI is InChI=1S/C12H11Cl3N2/c13-12(14,15)11-10-8(5-6-16-11)7-3-1-2-4-9(7)17-10/h1-4,11,16-17H,5-6H2/i5D2,6D2. The summed E-state index contributed by atoms with van der Waals surface area (Å²) in [5.41, 5.74) is 1.22. The maximum atomic E-state index is 8.18. The Bertz CT molecular complexity index is 708. The third-order valence-corrected chi connectivity index (χ3v) is 3.41. The van der Waals surface area contributed by atoms with Gasteiger partial charge in [0.25, 0.3) is 0 Å². The molecule has 0 fully saturated rings. The van der Waals surface area contributed by atoms with Crippen LogP contribution in [-0.2, 0) is 6.37 Å². The quantitative estimate of drug-likeness (QED) is 0.712. The summed E-state index contributed by atoms with van der Waals surface area (Å²) in [5, 5.41) is 3.06. The molecule has 0 aliphatic carbocycles. The van der Waals surface area contributed by atoms with Crippen LogP contribution in [0.5, 0.6) is 0 Å². The molecule has 0 radical (unpaired) electrons. The SMILES string of the molecule is [2H]C1([2H])NC(C(Cl)(Cl)Cl)c2[nH]c3ccccc3c2C1([2H])[2H]. The summed E-state index contributed by atoms with van der Waals surface area (Å²) in [4.78, 5) is 3.04. The lowest BCUT2D eigenvalue weighted by molar-refractivity contribution is 0.504. The van der Waals surface area contributed by atoms with Crippen molar-refractivity contribution >= 4 is 45.7 Å². The van der Waals surface area contributed by atoms with Crippen molar-refractivity contribution in [2.75, 3.05) is 6.50 Å². The van der Waals surface area contributed by atoms with E-state index in [4.69, 9.17) is 40.3 Å². The van der Waals surface area contributed by atoms with Gasteiger partial charge in [-0.2, -0.15) is 0 Å². The zero-order valence-electron chi connectivity index (χ0n) is 12.5. The number of benzene rings is 1. The van der Waals surface area contributed by atoms with Crippen LogP contribution in [0.4, 0.5) is 0 Å². The van der Waals surface area contributed by atoms with E-state index < -0.39 is 22.7 Å². The van der Waals surface area contributed by atoms with Crippen LogP contribution < -0.4 is 5.32 Å². The number of hydrogen-bond donors (Lipinski definition) is 2. The van der Waals surface area contributed by atoms with Crippen LogP contribution in [0.2, 0.25) is 0 Å². The van der Waals surface area contributed by atoms with E-state index in [1.165, 1.54) is 0 Å². The van der Waals surface area contributed by atoms with Crippen molar-refractivity contribution in [3.63, 3.8) is 0 Å². The minimum absolute atomic E-state index is 0.193. The largest absolute Gasteiger partial charge is 0.357 e. The lowest BCUT2D eigenvalue weighted by Gasteiger charge is -2.29. The van der Waals surface area contributed by atoms with Gasteiger partial charge in [-0.05, 0) is 18.0 Å². The van der Waals surface area contributed by atoms with E-state index in [9.17, 15) is 0 Å². The van der Waals surface area contributed by atoms with Crippen molar-refractivity contribution in [2.45, 2.75) is 16.2 Å². The number of aryl methyl sites for hydroxylation is 1. The fourth-order valence-electron chi connectivity index (χ4n) is 2.00. The van der Waals surface area contributed by atoms with Gasteiger partial charge >= 0.3 is 0 Å². The van der Waals surface area contributed by atoms with Gasteiger partial charge in [0, 0.05) is 28.6 Å². The molecule has 0 amide bonds. The van der Waals surface area contributed by atoms with Crippen LogP contribution in [0.25, 0.3) is 10.9 Å². The Kier molecular flexibility index (Phi) is 1.89. The molecule has 0 bridgehead atoms. The van der Waals surface area contributed by atoms with E-state index in [1.807, 2.05) is 0 Å². The number of alkyl halides is 3. The van der Waals surface area contributed by atoms with Crippen LogP contribution in [0, 0.1) is 0 Å². The summed E-state index contributed by atoms with van der Waals surface area (Å²) >= 11 is 17.8. The van der Waals surface area contributed by atoms with Crippen molar-refractivity contribution < 1.29 is 5.48 Å². The Labute approximate surface area is 120 Å². The van der Waals surface area contributed by atoms with Gasteiger partial charge in [-0.25, -0.2) is 0 Å². The molecule has 0 saturated heterocycles. The van der Waals surface area contributed by atoms with Crippen molar-refractivity contribution in [1.82, 2.24) is 10.3 Å². The number of halogens is 3. The Morgan fingerprint density at radius 3 is 2.82 bits per heavy atom. The van der Waals surface area contributed by atoms with Crippen molar-refractivity contribution in [1.29, 1.82) is 0 Å². The highest BCUT2D eigenvalue weighted by molar-refractivity contribution is 6.68. The summed E-state index contributed by atoms with van der Waals surface area (Å²) in [5.74, 6) is 0. The van der Waals surface area contributed by atoms with Gasteiger partial charge < -0.3 is 10.3 Å². The first kappa shape index (κ1) is 7.90. The molecule has 2 nitrogen and oxygen atoms in total. The van der Waals surface area contributed by atoms with E-state index >= 15 is 0 Å². The molecule has 2 N–H and O–H groups in total. The van der Waals surface area contributed by atoms with Gasteiger partial charge in [0.15, 0.2) is 0 Å². The Morgan fingerprint density at radius 1 is 1.29 bits per heavy atom. The average molecular weight is 294 g/mol. The maximum absolute atomic E-state index is 8.18. The van der Waals surface area contributed by atoms with Gasteiger partial charge in [0.05, 0.1) is 6.04 Å². The predicted molar refractivity (Wildman–Crippen MR) is 73.0 cm³/mol. The fourth-order valence-corrected chi connectivity index (χ4v) is 2.49. The minimum atomic E-state index is -2.38. The molecule has 1 aromatic carbocycles. The summed E-state index contributed by atoms with van der Waals surface area (Å²) < 4.78 is 30.5. The van der Waals surface area contributed by atoms with E-state index in [-0.39, 0.29) is 5.56 Å². The first-order valence-corrected chi connectivity index (χ1v) is 6.14. The van der Waals surface area contributed by atoms with Gasteiger partial charge in [0.2, 0.25) is 3.79 Å². The number of aromatic amines is 1. The predicted octanol–water partition coefficient (Wildman–Crippen LogP) is 3.72. The Hall–Kier alpha value is -0.410. The molecule has 1 unspecified atom stereocenters. The van der Waals surface area contributed by atoms with E-state index in [0.29, 0.717) is 16.6 Å². The van der Waals surface area contributed by atoms with Crippen LogP contribution in [0.3, 0.4) is 0 Å². The molecule has 17 heavy (non-hydrogen) atoms. The molecule has 1 aromatic heterocycles. The molecule has 2 aromatic rings. The molecule has 5 heteroatoms. The fraction of sp³-hybridized carbons (Fsp3) is 0.333. The zero-order chi connectivity index (χ0) is 15.6. The van der Waals surface area contributed by atoms with E-state index in [1.54, 1.807) is 24.3 Å². The topological polar surface area (TPSA) is 27.8 Å². The van der Waals surface area contributed by atoms with Crippen molar-refractivity contribution in [2.24, 2.45) is 0 Å². The highest BCUT2D eigenvalue weighted by atomic mass is 35.6. The number of aromatic nitrogens is 1. The molecule has 1 aliphatic rings. The molecule has 1 atom stereocenters.